The van der Waals surface area contributed by atoms with Gasteiger partial charge in [0.2, 0.25) is 0 Å². The van der Waals surface area contributed by atoms with Gasteiger partial charge in [0.25, 0.3) is 5.56 Å². The second-order valence-corrected chi connectivity index (χ2v) is 7.35. The van der Waals surface area contributed by atoms with Crippen LogP contribution in [0.1, 0.15) is 0 Å². The third-order valence-corrected chi connectivity index (χ3v) is 5.33. The molecular weight excluding hydrogens is 364 g/mol. The Morgan fingerprint density at radius 3 is 2.52 bits per heavy atom. The zero-order valence-corrected chi connectivity index (χ0v) is 15.5. The summed E-state index contributed by atoms with van der Waals surface area (Å²) in [7, 11) is 3.78. The molecule has 7 heteroatoms. The Bertz CT molecular complexity index is 1280. The van der Waals surface area contributed by atoms with E-state index in [2.05, 4.69) is 4.98 Å². The molecule has 0 spiro atoms. The number of aromatic hydroxyl groups is 1. The maximum atomic E-state index is 12.6. The summed E-state index contributed by atoms with van der Waals surface area (Å²) < 4.78 is 5.47. The minimum absolute atomic E-state index is 0.0107. The minimum Gasteiger partial charge on any atom is -0.505 e. The summed E-state index contributed by atoms with van der Waals surface area (Å²) in [5.74, 6) is -0.366. The van der Waals surface area contributed by atoms with Crippen LogP contribution in [0.2, 0.25) is 0 Å². The van der Waals surface area contributed by atoms with Gasteiger partial charge in [0.15, 0.2) is 11.3 Å². The van der Waals surface area contributed by atoms with E-state index >= 15 is 0 Å². The number of hydrogen-bond donors (Lipinski definition) is 2. The van der Waals surface area contributed by atoms with Crippen LogP contribution in [-0.4, -0.2) is 24.2 Å². The van der Waals surface area contributed by atoms with Crippen LogP contribution in [0.25, 0.3) is 21.9 Å². The lowest BCUT2D eigenvalue weighted by molar-refractivity contribution is 0.447. The summed E-state index contributed by atoms with van der Waals surface area (Å²) in [5, 5.41) is 11.2. The summed E-state index contributed by atoms with van der Waals surface area (Å²) in [6.45, 7) is 0. The minimum atomic E-state index is -0.683. The number of anilines is 1. The van der Waals surface area contributed by atoms with E-state index in [1.165, 1.54) is 0 Å². The Kier molecular flexibility index (Phi) is 4.16. The molecule has 0 amide bonds. The summed E-state index contributed by atoms with van der Waals surface area (Å²) in [5.41, 5.74) is 0.311. The second kappa shape index (κ2) is 6.51. The van der Waals surface area contributed by atoms with Crippen LogP contribution >= 0.6 is 11.8 Å². The van der Waals surface area contributed by atoms with E-state index in [-0.39, 0.29) is 21.6 Å². The lowest BCUT2D eigenvalue weighted by atomic mass is 10.1. The van der Waals surface area contributed by atoms with E-state index in [4.69, 9.17) is 4.42 Å². The van der Waals surface area contributed by atoms with Crippen molar-refractivity contribution in [3.05, 3.63) is 69.3 Å². The molecule has 4 aromatic rings. The number of aromatic amines is 1. The van der Waals surface area contributed by atoms with Gasteiger partial charge in [0, 0.05) is 30.1 Å². The normalized spacial score (nSPS) is 11.2. The average Bonchev–Trinajstić information content (AvgIpc) is 2.65. The van der Waals surface area contributed by atoms with Gasteiger partial charge in [-0.15, -0.1) is 0 Å². The number of rotatable bonds is 3. The Morgan fingerprint density at radius 2 is 1.81 bits per heavy atom. The summed E-state index contributed by atoms with van der Waals surface area (Å²) in [4.78, 5) is 30.5. The first kappa shape index (κ1) is 17.2. The van der Waals surface area contributed by atoms with Crippen LogP contribution in [0.3, 0.4) is 0 Å². The van der Waals surface area contributed by atoms with Crippen molar-refractivity contribution in [2.45, 2.75) is 9.79 Å². The summed E-state index contributed by atoms with van der Waals surface area (Å²) in [6, 6.07) is 14.5. The number of H-pyrrole nitrogens is 1. The predicted molar refractivity (Wildman–Crippen MR) is 107 cm³/mol. The van der Waals surface area contributed by atoms with Crippen LogP contribution in [-0.2, 0) is 0 Å². The summed E-state index contributed by atoms with van der Waals surface area (Å²) in [6.07, 6.45) is 0. The fourth-order valence-electron chi connectivity index (χ4n) is 2.90. The van der Waals surface area contributed by atoms with Gasteiger partial charge in [-0.3, -0.25) is 4.79 Å². The molecule has 2 aromatic heterocycles. The van der Waals surface area contributed by atoms with Gasteiger partial charge in [-0.05, 0) is 30.3 Å². The number of hydrogen-bond acceptors (Lipinski definition) is 6. The first-order chi connectivity index (χ1) is 13.0. The van der Waals surface area contributed by atoms with Crippen molar-refractivity contribution in [2.24, 2.45) is 0 Å². The number of nitrogens with one attached hydrogen (secondary N) is 1. The maximum absolute atomic E-state index is 12.6. The van der Waals surface area contributed by atoms with Crippen LogP contribution in [0.4, 0.5) is 5.69 Å². The van der Waals surface area contributed by atoms with Crippen LogP contribution < -0.4 is 16.1 Å². The van der Waals surface area contributed by atoms with Crippen molar-refractivity contribution >= 4 is 39.3 Å². The quantitative estimate of drug-likeness (QED) is 0.529. The van der Waals surface area contributed by atoms with E-state index < -0.39 is 11.2 Å². The highest BCUT2D eigenvalue weighted by molar-refractivity contribution is 7.99. The van der Waals surface area contributed by atoms with E-state index in [0.29, 0.717) is 10.9 Å². The Morgan fingerprint density at radius 1 is 1.07 bits per heavy atom. The molecule has 0 unspecified atom stereocenters. The molecule has 0 bridgehead atoms. The Balaban J connectivity index is 1.99. The highest BCUT2D eigenvalue weighted by Crippen LogP contribution is 2.36. The Hall–Kier alpha value is -3.19. The van der Waals surface area contributed by atoms with E-state index in [1.807, 2.05) is 43.3 Å². The molecule has 0 saturated carbocycles. The van der Waals surface area contributed by atoms with Crippen LogP contribution in [0.15, 0.2) is 72.3 Å². The van der Waals surface area contributed by atoms with Gasteiger partial charge < -0.3 is 19.4 Å². The lowest BCUT2D eigenvalue weighted by Crippen LogP contribution is -2.12. The van der Waals surface area contributed by atoms with Gasteiger partial charge in [-0.2, -0.15) is 0 Å². The van der Waals surface area contributed by atoms with Crippen LogP contribution in [0.5, 0.6) is 5.75 Å². The molecule has 0 saturated heterocycles. The lowest BCUT2D eigenvalue weighted by Gasteiger charge is -2.13. The Labute approximate surface area is 158 Å². The van der Waals surface area contributed by atoms with E-state index in [1.54, 1.807) is 24.3 Å². The van der Waals surface area contributed by atoms with Gasteiger partial charge >= 0.3 is 5.63 Å². The van der Waals surface area contributed by atoms with Crippen molar-refractivity contribution < 1.29 is 9.52 Å². The molecule has 2 heterocycles. The summed E-state index contributed by atoms with van der Waals surface area (Å²) >= 11 is 1.06. The average molecular weight is 380 g/mol. The van der Waals surface area contributed by atoms with Gasteiger partial charge in [-0.1, -0.05) is 30.0 Å². The molecule has 136 valence electrons. The van der Waals surface area contributed by atoms with Gasteiger partial charge in [-0.25, -0.2) is 4.79 Å². The number of benzene rings is 2. The third kappa shape index (κ3) is 2.96. The number of aromatic nitrogens is 1. The zero-order chi connectivity index (χ0) is 19.1. The smallest absolute Gasteiger partial charge is 0.354 e. The molecule has 2 aromatic carbocycles. The maximum Gasteiger partial charge on any atom is 0.354 e. The van der Waals surface area contributed by atoms with Crippen molar-refractivity contribution in [1.29, 1.82) is 0 Å². The molecule has 2 N–H and O–H groups in total. The van der Waals surface area contributed by atoms with Crippen molar-refractivity contribution in [2.75, 3.05) is 19.0 Å². The van der Waals surface area contributed by atoms with Crippen molar-refractivity contribution in [3.63, 3.8) is 0 Å². The molecule has 0 aliphatic rings. The topological polar surface area (TPSA) is 86.5 Å². The van der Waals surface area contributed by atoms with Crippen molar-refractivity contribution in [3.8, 4) is 5.75 Å². The SMILES string of the molecule is CN(C)c1ccc2c(c1)[nH]c(=O)c1c(O)c(Sc3ccccc3)c(=O)oc12. The zero-order valence-electron chi connectivity index (χ0n) is 14.6. The second-order valence-electron chi connectivity index (χ2n) is 6.26. The van der Waals surface area contributed by atoms with E-state index in [0.717, 1.165) is 22.3 Å². The molecule has 0 radical (unpaired) electrons. The van der Waals surface area contributed by atoms with Crippen molar-refractivity contribution in [1.82, 2.24) is 4.98 Å². The highest BCUT2D eigenvalue weighted by atomic mass is 32.2. The molecule has 27 heavy (non-hydrogen) atoms. The largest absolute Gasteiger partial charge is 0.505 e. The monoisotopic (exact) mass is 380 g/mol. The molecule has 0 aliphatic carbocycles. The third-order valence-electron chi connectivity index (χ3n) is 4.26. The highest BCUT2D eigenvalue weighted by Gasteiger charge is 2.20. The number of pyridine rings is 1. The van der Waals surface area contributed by atoms with Gasteiger partial charge in [0.05, 0.1) is 5.52 Å². The molecular formula is C20H16N2O4S. The molecule has 6 nitrogen and oxygen atoms in total. The fraction of sp³-hybridized carbons (Fsp3) is 0.100. The standard InChI is InChI=1S/C20H16N2O4S/c1-22(2)11-8-9-13-14(10-11)21-19(24)15-16(23)18(20(25)26-17(13)15)27-12-6-4-3-5-7-12/h3-10,23H,1-2H3,(H,21,24). The van der Waals surface area contributed by atoms with Gasteiger partial charge in [0.1, 0.15) is 10.3 Å². The number of fused-ring (bicyclic) bond motifs is 3. The van der Waals surface area contributed by atoms with E-state index in [9.17, 15) is 14.7 Å². The molecule has 4 rings (SSSR count). The molecule has 0 fully saturated rings. The molecule has 0 aliphatic heterocycles. The predicted octanol–water partition coefficient (Wildman–Crippen LogP) is 3.56. The van der Waals surface area contributed by atoms with Crippen LogP contribution in [0, 0.1) is 0 Å². The first-order valence-electron chi connectivity index (χ1n) is 8.22. The first-order valence-corrected chi connectivity index (χ1v) is 9.03. The number of nitrogens with zero attached hydrogens (tertiary/aromatic N) is 1. The molecule has 0 atom stereocenters. The fourth-order valence-corrected chi connectivity index (χ4v) is 3.75.